The van der Waals surface area contributed by atoms with Gasteiger partial charge in [-0.1, -0.05) is 74.7 Å². The molecule has 31 heavy (non-hydrogen) atoms. The molecule has 4 rings (SSSR count). The van der Waals surface area contributed by atoms with Gasteiger partial charge in [0.05, 0.1) is 6.10 Å². The highest BCUT2D eigenvalue weighted by Crippen LogP contribution is 2.36. The Morgan fingerprint density at radius 2 is 1.81 bits per heavy atom. The smallest absolute Gasteiger partial charge is 0.106 e. The van der Waals surface area contributed by atoms with Gasteiger partial charge in [-0.25, -0.2) is 4.98 Å². The van der Waals surface area contributed by atoms with Crippen LogP contribution in [0.3, 0.4) is 0 Å². The molecule has 0 spiro atoms. The van der Waals surface area contributed by atoms with Crippen LogP contribution in [0.15, 0.2) is 73.1 Å². The van der Waals surface area contributed by atoms with Gasteiger partial charge in [0.2, 0.25) is 0 Å². The molecule has 3 unspecified atom stereocenters. The summed E-state index contributed by atoms with van der Waals surface area (Å²) in [5.41, 5.74) is 3.55. The molecule has 3 N–H and O–H groups in total. The number of aliphatic hydroxyl groups excluding tert-OH is 1. The predicted octanol–water partition coefficient (Wildman–Crippen LogP) is 6.33. The van der Waals surface area contributed by atoms with E-state index >= 15 is 0 Å². The summed E-state index contributed by atoms with van der Waals surface area (Å²) in [5.74, 6) is 1.30. The number of nitrogens with one attached hydrogen (secondary N) is 2. The minimum Gasteiger partial charge on any atom is -0.392 e. The summed E-state index contributed by atoms with van der Waals surface area (Å²) in [7, 11) is 0. The molecule has 0 aliphatic heterocycles. The molecule has 0 fully saturated rings. The third-order valence-corrected chi connectivity index (χ3v) is 6.32. The number of benzene rings is 2. The molecule has 0 saturated carbocycles. The summed E-state index contributed by atoms with van der Waals surface area (Å²) in [6.07, 6.45) is 9.22. The molecule has 0 bridgehead atoms. The van der Waals surface area contributed by atoms with Gasteiger partial charge in [0.25, 0.3) is 0 Å². The lowest BCUT2D eigenvalue weighted by atomic mass is 9.81. The third-order valence-electron chi connectivity index (χ3n) is 6.32. The number of aromatic nitrogens is 3. The van der Waals surface area contributed by atoms with Gasteiger partial charge in [-0.2, -0.15) is 0 Å². The van der Waals surface area contributed by atoms with Crippen molar-refractivity contribution in [3.05, 3.63) is 90.1 Å². The summed E-state index contributed by atoms with van der Waals surface area (Å²) in [4.78, 5) is 11.3. The first-order chi connectivity index (χ1) is 15.2. The lowest BCUT2D eigenvalue weighted by molar-refractivity contribution is 0.121. The first-order valence-electron chi connectivity index (χ1n) is 11.5. The van der Waals surface area contributed by atoms with E-state index in [4.69, 9.17) is 0 Å². The monoisotopic (exact) mass is 415 g/mol. The topological polar surface area (TPSA) is 64.7 Å². The average Bonchev–Trinajstić information content (AvgIpc) is 3.46. The molecule has 2 aromatic heterocycles. The number of hydrogen-bond donors (Lipinski definition) is 3. The van der Waals surface area contributed by atoms with E-state index in [0.717, 1.165) is 55.6 Å². The number of aromatic amines is 2. The van der Waals surface area contributed by atoms with E-state index < -0.39 is 0 Å². The molecule has 4 aromatic rings. The van der Waals surface area contributed by atoms with Gasteiger partial charge in [-0.15, -0.1) is 0 Å². The van der Waals surface area contributed by atoms with Crippen molar-refractivity contribution in [2.24, 2.45) is 0 Å². The van der Waals surface area contributed by atoms with Crippen LogP contribution in [0.25, 0.3) is 10.9 Å². The highest BCUT2D eigenvalue weighted by molar-refractivity contribution is 5.80. The minimum atomic E-state index is -0.373. The fourth-order valence-corrected chi connectivity index (χ4v) is 4.60. The first-order valence-corrected chi connectivity index (χ1v) is 11.5. The number of hydrogen-bond acceptors (Lipinski definition) is 2. The van der Waals surface area contributed by atoms with Crippen LogP contribution in [0.5, 0.6) is 0 Å². The highest BCUT2D eigenvalue weighted by Gasteiger charge is 2.27. The van der Waals surface area contributed by atoms with Crippen LogP contribution in [-0.2, 0) is 6.42 Å². The largest absolute Gasteiger partial charge is 0.392 e. The van der Waals surface area contributed by atoms with E-state index in [9.17, 15) is 5.11 Å². The molecule has 0 saturated heterocycles. The lowest BCUT2D eigenvalue weighted by Gasteiger charge is -2.27. The zero-order valence-corrected chi connectivity index (χ0v) is 18.3. The average molecular weight is 416 g/mol. The Labute approximate surface area is 184 Å². The van der Waals surface area contributed by atoms with Crippen molar-refractivity contribution in [3.8, 4) is 0 Å². The van der Waals surface area contributed by atoms with Crippen molar-refractivity contribution in [1.82, 2.24) is 15.0 Å². The zero-order valence-electron chi connectivity index (χ0n) is 18.3. The second-order valence-electron chi connectivity index (χ2n) is 8.56. The van der Waals surface area contributed by atoms with Crippen LogP contribution in [0.2, 0.25) is 0 Å². The molecule has 162 valence electrons. The Hall–Kier alpha value is -2.85. The van der Waals surface area contributed by atoms with Gasteiger partial charge >= 0.3 is 0 Å². The molecule has 0 amide bonds. The van der Waals surface area contributed by atoms with Crippen LogP contribution in [0, 0.1) is 0 Å². The van der Waals surface area contributed by atoms with Crippen LogP contribution < -0.4 is 0 Å². The van der Waals surface area contributed by atoms with Gasteiger partial charge in [-0.3, -0.25) is 0 Å². The Balaban J connectivity index is 1.64. The van der Waals surface area contributed by atoms with Crippen LogP contribution in [-0.4, -0.2) is 26.2 Å². The maximum Gasteiger partial charge on any atom is 0.106 e. The molecular weight excluding hydrogens is 382 g/mol. The number of fused-ring (bicyclic) bond motifs is 1. The summed E-state index contributed by atoms with van der Waals surface area (Å²) in [6.45, 7) is 2.20. The number of H-pyrrole nitrogens is 2. The molecule has 0 radical (unpaired) electrons. The summed E-state index contributed by atoms with van der Waals surface area (Å²) < 4.78 is 0. The zero-order chi connectivity index (χ0) is 21.5. The Kier molecular flexibility index (Phi) is 7.21. The first kappa shape index (κ1) is 21.4. The minimum absolute atomic E-state index is 0.0458. The number of para-hydroxylation sites is 1. The van der Waals surface area contributed by atoms with Crippen molar-refractivity contribution in [2.45, 2.75) is 63.4 Å². The van der Waals surface area contributed by atoms with Crippen molar-refractivity contribution in [1.29, 1.82) is 0 Å². The lowest BCUT2D eigenvalue weighted by Crippen LogP contribution is -2.22. The number of unbranched alkanes of at least 4 members (excludes halogenated alkanes) is 2. The normalized spacial score (nSPS) is 14.5. The highest BCUT2D eigenvalue weighted by atomic mass is 16.3. The number of aliphatic hydroxyl groups is 1. The fraction of sp³-hybridized carbons (Fsp3) is 0.370. The van der Waals surface area contributed by atoms with E-state index in [1.54, 1.807) is 0 Å². The van der Waals surface area contributed by atoms with Gasteiger partial charge in [0.15, 0.2) is 0 Å². The van der Waals surface area contributed by atoms with E-state index in [1.807, 2.05) is 12.4 Å². The Morgan fingerprint density at radius 3 is 2.55 bits per heavy atom. The molecule has 0 aliphatic rings. The van der Waals surface area contributed by atoms with E-state index in [1.165, 1.54) is 10.9 Å². The van der Waals surface area contributed by atoms with Gasteiger partial charge in [-0.05, 0) is 41.8 Å². The van der Waals surface area contributed by atoms with Crippen LogP contribution >= 0.6 is 0 Å². The molecule has 3 atom stereocenters. The molecular formula is C27H33N3O. The quantitative estimate of drug-likeness (QED) is 0.251. The SMILES string of the molecule is CCCCCC(O)C(CC(Cc1ncc[nH]1)c1ccccc1)c1cc2ccccc2[nH]1. The van der Waals surface area contributed by atoms with Crippen molar-refractivity contribution in [2.75, 3.05) is 0 Å². The number of nitrogens with zero attached hydrogens (tertiary/aromatic N) is 1. The second-order valence-corrected chi connectivity index (χ2v) is 8.56. The van der Waals surface area contributed by atoms with Crippen molar-refractivity contribution < 1.29 is 5.11 Å². The predicted molar refractivity (Wildman–Crippen MR) is 127 cm³/mol. The van der Waals surface area contributed by atoms with Gasteiger partial charge in [0.1, 0.15) is 5.82 Å². The molecule has 2 heterocycles. The number of rotatable bonds is 11. The van der Waals surface area contributed by atoms with Gasteiger partial charge < -0.3 is 15.1 Å². The summed E-state index contributed by atoms with van der Waals surface area (Å²) >= 11 is 0. The van der Waals surface area contributed by atoms with Gasteiger partial charge in [0, 0.05) is 35.9 Å². The molecule has 4 heteroatoms. The second kappa shape index (κ2) is 10.5. The fourth-order valence-electron chi connectivity index (χ4n) is 4.60. The van der Waals surface area contributed by atoms with Crippen LogP contribution in [0.1, 0.15) is 67.9 Å². The molecule has 2 aromatic carbocycles. The Bertz CT molecular complexity index is 1010. The number of imidazole rings is 1. The van der Waals surface area contributed by atoms with E-state index in [2.05, 4.69) is 82.5 Å². The third kappa shape index (κ3) is 5.45. The standard InChI is InChI=1S/C27H33N3O/c1-2-3-5-14-26(31)23(25-18-21-12-8-9-13-24(21)30-25)17-22(19-27-28-15-16-29-27)20-10-6-4-7-11-20/h4,6-13,15-16,18,22-23,26,30-31H,2-3,5,14,17,19H2,1H3,(H,28,29). The summed E-state index contributed by atoms with van der Waals surface area (Å²) in [5, 5.41) is 12.5. The Morgan fingerprint density at radius 1 is 1.00 bits per heavy atom. The summed E-state index contributed by atoms with van der Waals surface area (Å²) in [6, 6.07) is 21.2. The van der Waals surface area contributed by atoms with E-state index in [0.29, 0.717) is 0 Å². The maximum absolute atomic E-state index is 11.3. The van der Waals surface area contributed by atoms with Crippen LogP contribution in [0.4, 0.5) is 0 Å². The maximum atomic E-state index is 11.3. The van der Waals surface area contributed by atoms with Crippen molar-refractivity contribution in [3.63, 3.8) is 0 Å². The van der Waals surface area contributed by atoms with E-state index in [-0.39, 0.29) is 17.9 Å². The molecule has 4 nitrogen and oxygen atoms in total. The molecule has 0 aliphatic carbocycles. The van der Waals surface area contributed by atoms with Crippen molar-refractivity contribution >= 4 is 10.9 Å².